The average molecular weight is 393 g/mol. The molecule has 1 N–H and O–H groups in total. The van der Waals surface area contributed by atoms with Gasteiger partial charge in [-0.25, -0.2) is 4.98 Å². The number of nitrogens with one attached hydrogen (secondary N) is 1. The highest BCUT2D eigenvalue weighted by Crippen LogP contribution is 2.32. The van der Waals surface area contributed by atoms with Gasteiger partial charge in [0.15, 0.2) is 11.5 Å². The molecule has 140 valence electrons. The summed E-state index contributed by atoms with van der Waals surface area (Å²) in [4.78, 5) is 19.7. The molecule has 0 saturated heterocycles. The number of fused-ring (bicyclic) bond motifs is 1. The van der Waals surface area contributed by atoms with Crippen LogP contribution < -0.4 is 15.0 Å². The highest BCUT2D eigenvalue weighted by Gasteiger charge is 2.11. The van der Waals surface area contributed by atoms with Gasteiger partial charge in [-0.1, -0.05) is 35.9 Å². The first-order valence-corrected chi connectivity index (χ1v) is 9.06. The SMILES string of the molecule is COc1cc(-c2nc3ccccc3c(=O)[nH]2)ccc1OCc1ccc(Cl)cc1. The van der Waals surface area contributed by atoms with Gasteiger partial charge in [-0.3, -0.25) is 4.79 Å². The maximum Gasteiger partial charge on any atom is 0.259 e. The molecule has 5 nitrogen and oxygen atoms in total. The van der Waals surface area contributed by atoms with Crippen molar-refractivity contribution in [2.75, 3.05) is 7.11 Å². The molecule has 1 heterocycles. The summed E-state index contributed by atoms with van der Waals surface area (Å²) in [5, 5.41) is 1.24. The molecule has 0 aliphatic heterocycles. The molecule has 0 aliphatic rings. The summed E-state index contributed by atoms with van der Waals surface area (Å²) in [7, 11) is 1.57. The number of nitrogens with zero attached hydrogens (tertiary/aromatic N) is 1. The summed E-state index contributed by atoms with van der Waals surface area (Å²) < 4.78 is 11.3. The Balaban J connectivity index is 1.63. The van der Waals surface area contributed by atoms with Crippen molar-refractivity contribution < 1.29 is 9.47 Å². The molecule has 0 fully saturated rings. The predicted octanol–water partition coefficient (Wildman–Crippen LogP) is 4.83. The number of halogens is 1. The average Bonchev–Trinajstić information content (AvgIpc) is 2.73. The van der Waals surface area contributed by atoms with Crippen LogP contribution in [0.2, 0.25) is 5.02 Å². The minimum atomic E-state index is -0.178. The first-order valence-electron chi connectivity index (χ1n) is 8.69. The van der Waals surface area contributed by atoms with Crippen LogP contribution in [-0.4, -0.2) is 17.1 Å². The van der Waals surface area contributed by atoms with Gasteiger partial charge in [0.2, 0.25) is 0 Å². The fourth-order valence-corrected chi connectivity index (χ4v) is 3.02. The number of benzene rings is 3. The van der Waals surface area contributed by atoms with Crippen molar-refractivity contribution in [2.24, 2.45) is 0 Å². The number of hydrogen-bond donors (Lipinski definition) is 1. The molecule has 1 aromatic heterocycles. The smallest absolute Gasteiger partial charge is 0.259 e. The summed E-state index contributed by atoms with van der Waals surface area (Å²) in [6.45, 7) is 0.387. The Hall–Kier alpha value is -3.31. The number of hydrogen-bond acceptors (Lipinski definition) is 4. The van der Waals surface area contributed by atoms with Crippen LogP contribution in [0.5, 0.6) is 11.5 Å². The van der Waals surface area contributed by atoms with Crippen LogP contribution >= 0.6 is 11.6 Å². The molecule has 3 aromatic carbocycles. The number of para-hydroxylation sites is 1. The van der Waals surface area contributed by atoms with E-state index in [-0.39, 0.29) is 5.56 Å². The van der Waals surface area contributed by atoms with Crippen molar-refractivity contribution in [3.8, 4) is 22.9 Å². The van der Waals surface area contributed by atoms with E-state index in [0.29, 0.717) is 39.9 Å². The molecule has 28 heavy (non-hydrogen) atoms. The third-order valence-corrected chi connectivity index (χ3v) is 4.61. The third-order valence-electron chi connectivity index (χ3n) is 4.36. The Morgan fingerprint density at radius 1 is 1.00 bits per heavy atom. The second-order valence-electron chi connectivity index (χ2n) is 6.21. The van der Waals surface area contributed by atoms with E-state index in [1.54, 1.807) is 25.3 Å². The van der Waals surface area contributed by atoms with Crippen molar-refractivity contribution in [3.63, 3.8) is 0 Å². The number of aromatic nitrogens is 2. The zero-order valence-electron chi connectivity index (χ0n) is 15.1. The molecule has 0 spiro atoms. The van der Waals surface area contributed by atoms with Gasteiger partial charge < -0.3 is 14.5 Å². The Morgan fingerprint density at radius 2 is 1.79 bits per heavy atom. The van der Waals surface area contributed by atoms with Crippen LogP contribution in [0, 0.1) is 0 Å². The molecule has 6 heteroatoms. The van der Waals surface area contributed by atoms with E-state index in [2.05, 4.69) is 9.97 Å². The molecule has 0 amide bonds. The van der Waals surface area contributed by atoms with Crippen molar-refractivity contribution in [2.45, 2.75) is 6.61 Å². The Labute approximate surface area is 166 Å². The lowest BCUT2D eigenvalue weighted by molar-refractivity contribution is 0.284. The van der Waals surface area contributed by atoms with Gasteiger partial charge in [0, 0.05) is 10.6 Å². The van der Waals surface area contributed by atoms with Crippen molar-refractivity contribution in [1.29, 1.82) is 0 Å². The number of ether oxygens (including phenoxy) is 2. The highest BCUT2D eigenvalue weighted by molar-refractivity contribution is 6.30. The van der Waals surface area contributed by atoms with Crippen LogP contribution in [0.25, 0.3) is 22.3 Å². The molecule has 0 bridgehead atoms. The van der Waals surface area contributed by atoms with E-state index >= 15 is 0 Å². The van der Waals surface area contributed by atoms with Gasteiger partial charge in [0.25, 0.3) is 5.56 Å². The van der Waals surface area contributed by atoms with Crippen LogP contribution in [0.15, 0.2) is 71.5 Å². The summed E-state index contributed by atoms with van der Waals surface area (Å²) in [5.74, 6) is 1.64. The maximum absolute atomic E-state index is 12.3. The lowest BCUT2D eigenvalue weighted by Crippen LogP contribution is -2.09. The van der Waals surface area contributed by atoms with E-state index in [4.69, 9.17) is 21.1 Å². The molecular weight excluding hydrogens is 376 g/mol. The molecule has 4 aromatic rings. The van der Waals surface area contributed by atoms with Crippen molar-refractivity contribution >= 4 is 22.5 Å². The highest BCUT2D eigenvalue weighted by atomic mass is 35.5. The number of H-pyrrole nitrogens is 1. The topological polar surface area (TPSA) is 64.2 Å². The largest absolute Gasteiger partial charge is 0.493 e. The first-order chi connectivity index (χ1) is 13.6. The normalized spacial score (nSPS) is 10.8. The fraction of sp³-hybridized carbons (Fsp3) is 0.0909. The zero-order chi connectivity index (χ0) is 19.5. The number of methoxy groups -OCH3 is 1. The van der Waals surface area contributed by atoms with Gasteiger partial charge in [-0.05, 0) is 48.0 Å². The zero-order valence-corrected chi connectivity index (χ0v) is 15.9. The minimum Gasteiger partial charge on any atom is -0.493 e. The van der Waals surface area contributed by atoms with E-state index in [1.807, 2.05) is 48.5 Å². The summed E-state index contributed by atoms with van der Waals surface area (Å²) in [6.07, 6.45) is 0. The standard InChI is InChI=1S/C22H17ClN2O3/c1-27-20-12-15(21-24-18-5-3-2-4-17(18)22(26)25-21)8-11-19(20)28-13-14-6-9-16(23)10-7-14/h2-12H,13H2,1H3,(H,24,25,26). The van der Waals surface area contributed by atoms with Gasteiger partial charge >= 0.3 is 0 Å². The fourth-order valence-electron chi connectivity index (χ4n) is 2.90. The molecule has 0 atom stereocenters. The van der Waals surface area contributed by atoms with Gasteiger partial charge in [-0.2, -0.15) is 0 Å². The van der Waals surface area contributed by atoms with Gasteiger partial charge in [0.1, 0.15) is 12.4 Å². The Bertz CT molecular complexity index is 1190. The van der Waals surface area contributed by atoms with E-state index in [1.165, 1.54) is 0 Å². The Morgan fingerprint density at radius 3 is 2.57 bits per heavy atom. The second-order valence-corrected chi connectivity index (χ2v) is 6.65. The van der Waals surface area contributed by atoms with E-state index < -0.39 is 0 Å². The summed E-state index contributed by atoms with van der Waals surface area (Å²) in [6, 6.07) is 20.1. The maximum atomic E-state index is 12.3. The van der Waals surface area contributed by atoms with Crippen molar-refractivity contribution in [3.05, 3.63) is 87.7 Å². The van der Waals surface area contributed by atoms with Gasteiger partial charge in [-0.15, -0.1) is 0 Å². The summed E-state index contributed by atoms with van der Waals surface area (Å²) >= 11 is 5.91. The second kappa shape index (κ2) is 7.74. The van der Waals surface area contributed by atoms with Crippen LogP contribution in [0.1, 0.15) is 5.56 Å². The molecule has 0 radical (unpaired) electrons. The summed E-state index contributed by atoms with van der Waals surface area (Å²) in [5.41, 5.74) is 2.19. The number of rotatable bonds is 5. The molecule has 0 unspecified atom stereocenters. The van der Waals surface area contributed by atoms with Gasteiger partial charge in [0.05, 0.1) is 18.0 Å². The molecule has 4 rings (SSSR count). The number of aromatic amines is 1. The van der Waals surface area contributed by atoms with Crippen LogP contribution in [0.3, 0.4) is 0 Å². The van der Waals surface area contributed by atoms with Crippen molar-refractivity contribution in [1.82, 2.24) is 9.97 Å². The van der Waals surface area contributed by atoms with Crippen LogP contribution in [-0.2, 0) is 6.61 Å². The molecule has 0 aliphatic carbocycles. The molecular formula is C22H17ClN2O3. The van der Waals surface area contributed by atoms with E-state index in [0.717, 1.165) is 11.1 Å². The quantitative estimate of drug-likeness (QED) is 0.528. The predicted molar refractivity (Wildman–Crippen MR) is 110 cm³/mol. The van der Waals surface area contributed by atoms with Crippen LogP contribution in [0.4, 0.5) is 0 Å². The minimum absolute atomic E-state index is 0.178. The first kappa shape index (κ1) is 18.1. The van der Waals surface area contributed by atoms with E-state index in [9.17, 15) is 4.79 Å². The monoisotopic (exact) mass is 392 g/mol. The Kier molecular flexibility index (Phi) is 5.00. The lowest BCUT2D eigenvalue weighted by atomic mass is 10.1. The lowest BCUT2D eigenvalue weighted by Gasteiger charge is -2.12. The molecule has 0 saturated carbocycles. The third kappa shape index (κ3) is 3.70.